The van der Waals surface area contributed by atoms with Gasteiger partial charge in [0.05, 0.1) is 30.1 Å². The molecule has 1 saturated carbocycles. The Morgan fingerprint density at radius 2 is 2.12 bits per heavy atom. The Kier molecular flexibility index (Phi) is 5.79. The molecule has 3 N–H and O–H groups in total. The first kappa shape index (κ1) is 21.2. The molecule has 4 aromatic rings. The minimum Gasteiger partial charge on any atom is -0.404 e. The van der Waals surface area contributed by atoms with Crippen molar-refractivity contribution in [3.05, 3.63) is 88.7 Å². The summed E-state index contributed by atoms with van der Waals surface area (Å²) in [6, 6.07) is 11.7. The Morgan fingerprint density at radius 1 is 1.24 bits per heavy atom. The molecule has 1 aromatic carbocycles. The highest BCUT2D eigenvalue weighted by atomic mass is 35.5. The van der Waals surface area contributed by atoms with Gasteiger partial charge in [0.25, 0.3) is 5.91 Å². The van der Waals surface area contributed by atoms with Crippen molar-refractivity contribution in [3.63, 3.8) is 0 Å². The molecular weight excluding hydrogens is 436 g/mol. The van der Waals surface area contributed by atoms with Crippen molar-refractivity contribution >= 4 is 40.1 Å². The first-order valence-corrected chi connectivity index (χ1v) is 11.2. The number of aliphatic imine (C=N–C) groups is 1. The average Bonchev–Trinajstić information content (AvgIpc) is 3.59. The van der Waals surface area contributed by atoms with Crippen LogP contribution in [0.5, 0.6) is 0 Å². The summed E-state index contributed by atoms with van der Waals surface area (Å²) in [7, 11) is 0. The molecule has 0 radical (unpaired) electrons. The van der Waals surface area contributed by atoms with Gasteiger partial charge in [0.1, 0.15) is 5.65 Å². The van der Waals surface area contributed by atoms with Crippen LogP contribution < -0.4 is 11.1 Å². The second kappa shape index (κ2) is 9.03. The number of aromatic nitrogens is 3. The lowest BCUT2D eigenvalue weighted by atomic mass is 10.1. The van der Waals surface area contributed by atoms with Gasteiger partial charge in [-0.25, -0.2) is 4.98 Å². The minimum atomic E-state index is -0.328. The van der Waals surface area contributed by atoms with Gasteiger partial charge in [0.2, 0.25) is 0 Å². The number of hydrogen-bond acceptors (Lipinski definition) is 5. The fourth-order valence-electron chi connectivity index (χ4n) is 3.82. The molecule has 0 atom stereocenters. The quantitative estimate of drug-likeness (QED) is 0.321. The molecule has 0 saturated heterocycles. The molecule has 33 heavy (non-hydrogen) atoms. The summed E-state index contributed by atoms with van der Waals surface area (Å²) < 4.78 is 2.04. The third kappa shape index (κ3) is 4.73. The molecule has 166 valence electrons. The van der Waals surface area contributed by atoms with E-state index in [4.69, 9.17) is 17.3 Å². The highest BCUT2D eigenvalue weighted by Crippen LogP contribution is 2.39. The highest BCUT2D eigenvalue weighted by Gasteiger charge is 2.23. The lowest BCUT2D eigenvalue weighted by Crippen LogP contribution is -2.26. The van der Waals surface area contributed by atoms with Gasteiger partial charge < -0.3 is 15.5 Å². The normalized spacial score (nSPS) is 14.4. The predicted octanol–water partition coefficient (Wildman–Crippen LogP) is 4.14. The van der Waals surface area contributed by atoms with Gasteiger partial charge in [-0.2, -0.15) is 0 Å². The molecule has 1 amide bonds. The Morgan fingerprint density at radius 3 is 2.94 bits per heavy atom. The van der Waals surface area contributed by atoms with Crippen molar-refractivity contribution in [2.24, 2.45) is 10.7 Å². The lowest BCUT2D eigenvalue weighted by Gasteiger charge is -2.08. The minimum absolute atomic E-state index is 0.247. The summed E-state index contributed by atoms with van der Waals surface area (Å²) in [5, 5.41) is 5.37. The summed E-state index contributed by atoms with van der Waals surface area (Å²) in [5.74, 6) is 0.362. The van der Waals surface area contributed by atoms with Crippen molar-refractivity contribution in [1.29, 1.82) is 0 Å². The van der Waals surface area contributed by atoms with Crippen molar-refractivity contribution < 1.29 is 4.79 Å². The van der Waals surface area contributed by atoms with Crippen LogP contribution in [-0.4, -0.2) is 26.5 Å². The van der Waals surface area contributed by atoms with Gasteiger partial charge in [-0.1, -0.05) is 23.7 Å². The molecule has 1 aliphatic rings. The molecule has 8 heteroatoms. The fourth-order valence-corrected chi connectivity index (χ4v) is 3.99. The Bertz CT molecular complexity index is 1400. The molecule has 1 aliphatic carbocycles. The van der Waals surface area contributed by atoms with Crippen molar-refractivity contribution in [2.45, 2.75) is 31.8 Å². The number of rotatable bonds is 7. The maximum absolute atomic E-state index is 12.6. The summed E-state index contributed by atoms with van der Waals surface area (Å²) in [4.78, 5) is 26.0. The molecule has 1 fully saturated rings. The molecular formula is C25H23ClN6O. The van der Waals surface area contributed by atoms with Gasteiger partial charge >= 0.3 is 0 Å². The second-order valence-electron chi connectivity index (χ2n) is 8.13. The van der Waals surface area contributed by atoms with Crippen LogP contribution in [0.1, 0.15) is 35.7 Å². The first-order chi connectivity index (χ1) is 16.1. The Balaban J connectivity index is 1.22. The average molecular weight is 459 g/mol. The van der Waals surface area contributed by atoms with E-state index in [1.165, 1.54) is 30.8 Å². The standard InChI is InChI=1S/C25H23ClN6O/c26-20-5-3-17-7-8-29-23(22(17)9-20)13-30-25(33)19(10-27)11-28-12-21-15-32-14-18(16-1-2-16)4-6-24(32)31-21/h3-11,14-16H,1-2,12-13,27H2,(H,30,33)/b19-10+,28-11?. The number of nitrogens with zero attached hydrogens (tertiary/aromatic N) is 4. The zero-order valence-electron chi connectivity index (χ0n) is 17.9. The summed E-state index contributed by atoms with van der Waals surface area (Å²) in [5.41, 5.74) is 9.74. The molecule has 0 bridgehead atoms. The van der Waals surface area contributed by atoms with Gasteiger partial charge in [-0.15, -0.1) is 0 Å². The van der Waals surface area contributed by atoms with E-state index in [2.05, 4.69) is 32.5 Å². The van der Waals surface area contributed by atoms with E-state index in [1.807, 2.05) is 40.9 Å². The number of hydrogen-bond donors (Lipinski definition) is 2. The van der Waals surface area contributed by atoms with Crippen molar-refractivity contribution in [1.82, 2.24) is 19.7 Å². The zero-order chi connectivity index (χ0) is 22.8. The van der Waals surface area contributed by atoms with Gasteiger partial charge in [0, 0.05) is 41.4 Å². The van der Waals surface area contributed by atoms with Crippen LogP contribution in [0.25, 0.3) is 16.4 Å². The number of carbonyl (C=O) groups is 1. The number of carbonyl (C=O) groups excluding carboxylic acids is 1. The van der Waals surface area contributed by atoms with Crippen LogP contribution >= 0.6 is 11.6 Å². The number of fused-ring (bicyclic) bond motifs is 2. The van der Waals surface area contributed by atoms with E-state index in [9.17, 15) is 4.79 Å². The molecule has 0 spiro atoms. The number of nitrogens with one attached hydrogen (secondary N) is 1. The summed E-state index contributed by atoms with van der Waals surface area (Å²) in [6.45, 7) is 0.603. The van der Waals surface area contributed by atoms with Gasteiger partial charge in [0.15, 0.2) is 0 Å². The Hall–Kier alpha value is -3.71. The van der Waals surface area contributed by atoms with E-state index in [1.54, 1.807) is 6.20 Å². The number of nitrogens with two attached hydrogens (primary N) is 1. The fraction of sp³-hybridized carbons (Fsp3) is 0.200. The third-order valence-corrected chi connectivity index (χ3v) is 5.96. The van der Waals surface area contributed by atoms with Crippen LogP contribution in [0.2, 0.25) is 5.02 Å². The topological polar surface area (TPSA) is 97.7 Å². The van der Waals surface area contributed by atoms with Crippen molar-refractivity contribution in [2.75, 3.05) is 0 Å². The first-order valence-electron chi connectivity index (χ1n) is 10.8. The van der Waals surface area contributed by atoms with E-state index < -0.39 is 0 Å². The molecule has 3 heterocycles. The molecule has 0 aliphatic heterocycles. The largest absolute Gasteiger partial charge is 0.404 e. The van der Waals surface area contributed by atoms with Crippen LogP contribution in [0, 0.1) is 0 Å². The monoisotopic (exact) mass is 458 g/mol. The van der Waals surface area contributed by atoms with Crippen LogP contribution in [0.15, 0.2) is 71.8 Å². The number of benzene rings is 1. The van der Waals surface area contributed by atoms with Gasteiger partial charge in [-0.3, -0.25) is 14.8 Å². The lowest BCUT2D eigenvalue weighted by molar-refractivity contribution is -0.117. The maximum Gasteiger partial charge on any atom is 0.254 e. The summed E-state index contributed by atoms with van der Waals surface area (Å²) in [6.07, 6.45) is 11.1. The van der Waals surface area contributed by atoms with E-state index in [0.29, 0.717) is 17.5 Å². The van der Waals surface area contributed by atoms with Crippen LogP contribution in [0.3, 0.4) is 0 Å². The molecule has 7 nitrogen and oxygen atoms in total. The molecule has 3 aromatic heterocycles. The van der Waals surface area contributed by atoms with Crippen molar-refractivity contribution in [3.8, 4) is 0 Å². The third-order valence-electron chi connectivity index (χ3n) is 5.73. The Labute approximate surface area is 196 Å². The molecule has 5 rings (SSSR count). The van der Waals surface area contributed by atoms with Crippen LogP contribution in [-0.2, 0) is 17.9 Å². The number of amides is 1. The van der Waals surface area contributed by atoms with E-state index in [-0.39, 0.29) is 18.0 Å². The molecule has 0 unspecified atom stereocenters. The number of imidazole rings is 1. The van der Waals surface area contributed by atoms with Crippen LogP contribution in [0.4, 0.5) is 0 Å². The highest BCUT2D eigenvalue weighted by molar-refractivity contribution is 6.31. The smallest absolute Gasteiger partial charge is 0.254 e. The zero-order valence-corrected chi connectivity index (χ0v) is 18.7. The predicted molar refractivity (Wildman–Crippen MR) is 130 cm³/mol. The van der Waals surface area contributed by atoms with Gasteiger partial charge in [-0.05, 0) is 54.0 Å². The number of pyridine rings is 2. The SMILES string of the molecule is N/C=C(\C=NCc1cn2cc(C3CC3)ccc2n1)C(=O)NCc1nccc2ccc(Cl)cc12. The van der Waals surface area contributed by atoms with E-state index >= 15 is 0 Å². The van der Waals surface area contributed by atoms with E-state index in [0.717, 1.165) is 27.8 Å². The summed E-state index contributed by atoms with van der Waals surface area (Å²) >= 11 is 6.12. The number of halogens is 1. The maximum atomic E-state index is 12.6. The second-order valence-corrected chi connectivity index (χ2v) is 8.57.